The number of nitrogens with zero attached hydrogens (tertiary/aromatic N) is 3. The predicted octanol–water partition coefficient (Wildman–Crippen LogP) is 3.13. The minimum atomic E-state index is -0.329. The van der Waals surface area contributed by atoms with E-state index in [1.54, 1.807) is 11.3 Å². The third-order valence-electron chi connectivity index (χ3n) is 4.57. The Morgan fingerprint density at radius 2 is 2.36 bits per heavy atom. The topological polar surface area (TPSA) is 41.3 Å². The molecule has 3 rings (SSSR count). The number of aromatic nitrogens is 2. The van der Waals surface area contributed by atoms with Gasteiger partial charge in [0.15, 0.2) is 0 Å². The molecule has 1 aliphatic rings. The zero-order valence-electron chi connectivity index (χ0n) is 13.4. The molecule has 1 aliphatic heterocycles. The molecule has 1 saturated heterocycles. The first-order chi connectivity index (χ1) is 10.7. The van der Waals surface area contributed by atoms with E-state index in [0.717, 1.165) is 30.8 Å². The summed E-state index contributed by atoms with van der Waals surface area (Å²) < 4.78 is 1.92. The van der Waals surface area contributed by atoms with E-state index in [1.807, 2.05) is 29.2 Å². The first-order valence-corrected chi connectivity index (χ1v) is 9.02. The van der Waals surface area contributed by atoms with E-state index in [-0.39, 0.29) is 6.10 Å². The fraction of sp³-hybridized carbons (Fsp3) is 0.588. The number of hydrogen-bond donors (Lipinski definition) is 1. The summed E-state index contributed by atoms with van der Waals surface area (Å²) in [6.07, 6.45) is 6.04. The third-order valence-corrected chi connectivity index (χ3v) is 5.54. The van der Waals surface area contributed by atoms with Gasteiger partial charge in [-0.15, -0.1) is 11.3 Å². The van der Waals surface area contributed by atoms with E-state index in [1.165, 1.54) is 24.1 Å². The second kappa shape index (κ2) is 6.94. The summed E-state index contributed by atoms with van der Waals surface area (Å²) in [6.45, 7) is 4.24. The lowest BCUT2D eigenvalue weighted by molar-refractivity contribution is 0.120. The molecule has 0 spiro atoms. The zero-order chi connectivity index (χ0) is 15.5. The van der Waals surface area contributed by atoms with Gasteiger partial charge in [-0.25, -0.2) is 0 Å². The van der Waals surface area contributed by atoms with Crippen LogP contribution in [0.5, 0.6) is 0 Å². The van der Waals surface area contributed by atoms with Crippen LogP contribution >= 0.6 is 11.3 Å². The molecule has 3 heterocycles. The maximum atomic E-state index is 10.4. The van der Waals surface area contributed by atoms with E-state index < -0.39 is 0 Å². The fourth-order valence-corrected chi connectivity index (χ4v) is 4.18. The normalized spacial score (nSPS) is 20.6. The summed E-state index contributed by atoms with van der Waals surface area (Å²) in [5.41, 5.74) is 2.54. The molecule has 0 amide bonds. The Labute approximate surface area is 136 Å². The van der Waals surface area contributed by atoms with Crippen LogP contribution in [0.2, 0.25) is 0 Å². The van der Waals surface area contributed by atoms with E-state index in [9.17, 15) is 5.11 Å². The van der Waals surface area contributed by atoms with Gasteiger partial charge in [0.2, 0.25) is 0 Å². The van der Waals surface area contributed by atoms with Crippen molar-refractivity contribution in [3.63, 3.8) is 0 Å². The molecular formula is C17H25N3OS. The highest BCUT2D eigenvalue weighted by Gasteiger charge is 2.28. The second-order valence-corrected chi connectivity index (χ2v) is 7.14. The lowest BCUT2D eigenvalue weighted by atomic mass is 10.1. The number of thiophene rings is 1. The molecule has 2 unspecified atom stereocenters. The van der Waals surface area contributed by atoms with Crippen molar-refractivity contribution in [3.8, 4) is 0 Å². The Balaban J connectivity index is 1.65. The van der Waals surface area contributed by atoms with Crippen LogP contribution in [0.25, 0.3) is 0 Å². The van der Waals surface area contributed by atoms with Crippen molar-refractivity contribution in [2.45, 2.75) is 51.3 Å². The molecule has 4 nitrogen and oxygen atoms in total. The second-order valence-electron chi connectivity index (χ2n) is 6.16. The molecule has 22 heavy (non-hydrogen) atoms. The summed E-state index contributed by atoms with van der Waals surface area (Å²) in [5, 5.41) is 17.0. The zero-order valence-corrected chi connectivity index (χ0v) is 14.2. The highest BCUT2D eigenvalue weighted by Crippen LogP contribution is 2.30. The van der Waals surface area contributed by atoms with Gasteiger partial charge in [-0.2, -0.15) is 5.10 Å². The van der Waals surface area contributed by atoms with E-state index >= 15 is 0 Å². The van der Waals surface area contributed by atoms with E-state index in [0.29, 0.717) is 6.04 Å². The molecule has 0 saturated carbocycles. The smallest absolute Gasteiger partial charge is 0.0896 e. The van der Waals surface area contributed by atoms with Crippen molar-refractivity contribution in [1.29, 1.82) is 0 Å². The number of rotatable bonds is 6. The highest BCUT2D eigenvalue weighted by molar-refractivity contribution is 7.10. The Morgan fingerprint density at radius 3 is 3.09 bits per heavy atom. The number of aryl methyl sites for hydroxylation is 2. The van der Waals surface area contributed by atoms with Crippen molar-refractivity contribution < 1.29 is 5.11 Å². The van der Waals surface area contributed by atoms with Crippen LogP contribution in [-0.2, 0) is 20.0 Å². The van der Waals surface area contributed by atoms with Crippen LogP contribution in [0.3, 0.4) is 0 Å². The van der Waals surface area contributed by atoms with Crippen molar-refractivity contribution in [3.05, 3.63) is 39.8 Å². The number of likely N-dealkylation sites (tertiary alicyclic amines) is 1. The van der Waals surface area contributed by atoms with Crippen molar-refractivity contribution >= 4 is 11.3 Å². The Morgan fingerprint density at radius 1 is 1.50 bits per heavy atom. The molecule has 1 fully saturated rings. The Kier molecular flexibility index (Phi) is 4.96. The van der Waals surface area contributed by atoms with Gasteiger partial charge in [-0.05, 0) is 43.7 Å². The van der Waals surface area contributed by atoms with Gasteiger partial charge >= 0.3 is 0 Å². The van der Waals surface area contributed by atoms with Gasteiger partial charge in [-0.1, -0.05) is 13.0 Å². The minimum Gasteiger partial charge on any atom is -0.388 e. The van der Waals surface area contributed by atoms with Crippen LogP contribution in [0.1, 0.15) is 48.4 Å². The van der Waals surface area contributed by atoms with Crippen molar-refractivity contribution in [1.82, 2.24) is 14.7 Å². The molecule has 1 N–H and O–H groups in total. The van der Waals surface area contributed by atoms with Crippen LogP contribution in [0, 0.1) is 0 Å². The van der Waals surface area contributed by atoms with Crippen LogP contribution in [0.15, 0.2) is 23.7 Å². The Bertz CT molecular complexity index is 593. The lowest BCUT2D eigenvalue weighted by Gasteiger charge is -2.26. The first kappa shape index (κ1) is 15.7. The highest BCUT2D eigenvalue weighted by atomic mass is 32.1. The Hall–Kier alpha value is -1.17. The minimum absolute atomic E-state index is 0.329. The standard InChI is InChI=1S/C17H25N3OS/c1-3-15-13(11-19(2)18-15)12-20-8-4-6-14(20)10-16(21)17-7-5-9-22-17/h5,7,9,11,14,16,21H,3-4,6,8,10,12H2,1-2H3. The van der Waals surface area contributed by atoms with Crippen molar-refractivity contribution in [2.75, 3.05) is 6.54 Å². The van der Waals surface area contributed by atoms with Gasteiger partial charge in [-0.3, -0.25) is 9.58 Å². The largest absolute Gasteiger partial charge is 0.388 e. The summed E-state index contributed by atoms with van der Waals surface area (Å²) in [5.74, 6) is 0. The molecule has 2 aromatic rings. The molecule has 2 atom stereocenters. The summed E-state index contributed by atoms with van der Waals surface area (Å²) in [7, 11) is 1.99. The van der Waals surface area contributed by atoms with Gasteiger partial charge in [0.05, 0.1) is 11.8 Å². The van der Waals surface area contributed by atoms with Gasteiger partial charge < -0.3 is 5.11 Å². The van der Waals surface area contributed by atoms with Crippen molar-refractivity contribution in [2.24, 2.45) is 7.05 Å². The lowest BCUT2D eigenvalue weighted by Crippen LogP contribution is -2.30. The molecule has 0 aliphatic carbocycles. The summed E-state index contributed by atoms with van der Waals surface area (Å²) in [4.78, 5) is 3.61. The monoisotopic (exact) mass is 319 g/mol. The van der Waals surface area contributed by atoms with Gasteiger partial charge in [0.1, 0.15) is 0 Å². The van der Waals surface area contributed by atoms with Crippen LogP contribution in [0.4, 0.5) is 0 Å². The van der Waals surface area contributed by atoms with Crippen LogP contribution < -0.4 is 0 Å². The third kappa shape index (κ3) is 3.42. The maximum absolute atomic E-state index is 10.4. The molecule has 0 radical (unpaired) electrons. The predicted molar refractivity (Wildman–Crippen MR) is 89.9 cm³/mol. The number of aliphatic hydroxyl groups is 1. The fourth-order valence-electron chi connectivity index (χ4n) is 3.46. The molecular weight excluding hydrogens is 294 g/mol. The SMILES string of the molecule is CCc1nn(C)cc1CN1CCCC1CC(O)c1cccs1. The number of aliphatic hydroxyl groups excluding tert-OH is 1. The quantitative estimate of drug-likeness (QED) is 0.889. The number of hydrogen-bond acceptors (Lipinski definition) is 4. The average molecular weight is 319 g/mol. The first-order valence-electron chi connectivity index (χ1n) is 8.14. The molecule has 5 heteroatoms. The molecule has 2 aromatic heterocycles. The van der Waals surface area contributed by atoms with Gasteiger partial charge in [0.25, 0.3) is 0 Å². The summed E-state index contributed by atoms with van der Waals surface area (Å²) in [6, 6.07) is 4.52. The molecule has 120 valence electrons. The molecule has 0 bridgehead atoms. The van der Waals surface area contributed by atoms with E-state index in [4.69, 9.17) is 0 Å². The maximum Gasteiger partial charge on any atom is 0.0896 e. The van der Waals surface area contributed by atoms with Gasteiger partial charge in [0, 0.05) is 36.3 Å². The van der Waals surface area contributed by atoms with Crippen LogP contribution in [-0.4, -0.2) is 32.4 Å². The average Bonchev–Trinajstić information content (AvgIpc) is 3.21. The molecule has 0 aromatic carbocycles. The van der Waals surface area contributed by atoms with E-state index in [2.05, 4.69) is 23.1 Å². The summed E-state index contributed by atoms with van der Waals surface area (Å²) >= 11 is 1.65.